The van der Waals surface area contributed by atoms with E-state index in [0.717, 1.165) is 18.8 Å². The van der Waals surface area contributed by atoms with E-state index in [0.29, 0.717) is 5.41 Å². The molecule has 4 nitrogen and oxygen atoms in total. The lowest BCUT2D eigenvalue weighted by atomic mass is 9.93. The first-order valence-corrected chi connectivity index (χ1v) is 6.18. The molecule has 1 heterocycles. The Kier molecular flexibility index (Phi) is 2.31. The van der Waals surface area contributed by atoms with Gasteiger partial charge in [-0.25, -0.2) is 0 Å². The van der Waals surface area contributed by atoms with E-state index in [4.69, 9.17) is 0 Å². The van der Waals surface area contributed by atoms with Crippen molar-refractivity contribution in [3.63, 3.8) is 0 Å². The molecule has 2 aliphatic rings. The molecule has 1 aliphatic heterocycles. The largest absolute Gasteiger partial charge is 0.371 e. The van der Waals surface area contributed by atoms with Crippen LogP contribution < -0.4 is 4.90 Å². The molecule has 0 atom stereocenters. The number of hydrogen-bond acceptors (Lipinski definition) is 3. The van der Waals surface area contributed by atoms with Gasteiger partial charge in [0, 0.05) is 30.9 Å². The van der Waals surface area contributed by atoms with Gasteiger partial charge in [0.1, 0.15) is 0 Å². The monoisotopic (exact) mass is 232 g/mol. The molecular formula is C13H16N2O2. The fourth-order valence-electron chi connectivity index (χ4n) is 2.72. The number of hydrogen-bond donors (Lipinski definition) is 0. The molecule has 1 saturated carbocycles. The van der Waals surface area contributed by atoms with Gasteiger partial charge in [-0.1, -0.05) is 6.07 Å². The van der Waals surface area contributed by atoms with Gasteiger partial charge >= 0.3 is 0 Å². The molecule has 0 amide bonds. The standard InChI is InChI=1S/C13H16N2O2/c16-15(17)12-3-1-2-11(10-12)14-8-6-13(4-5-13)7-9-14/h1-3,10H,4-9H2. The number of nitrogens with zero attached hydrogens (tertiary/aromatic N) is 2. The summed E-state index contributed by atoms with van der Waals surface area (Å²) in [6.45, 7) is 2.09. The Morgan fingerprint density at radius 3 is 2.47 bits per heavy atom. The van der Waals surface area contributed by atoms with Crippen molar-refractivity contribution in [2.24, 2.45) is 5.41 Å². The highest BCUT2D eigenvalue weighted by atomic mass is 16.6. The Labute approximate surface area is 100 Å². The van der Waals surface area contributed by atoms with Crippen LogP contribution in [-0.4, -0.2) is 18.0 Å². The van der Waals surface area contributed by atoms with E-state index >= 15 is 0 Å². The van der Waals surface area contributed by atoms with Crippen LogP contribution in [-0.2, 0) is 0 Å². The highest BCUT2D eigenvalue weighted by molar-refractivity contribution is 5.53. The predicted octanol–water partition coefficient (Wildman–Crippen LogP) is 2.98. The Balaban J connectivity index is 1.75. The van der Waals surface area contributed by atoms with Crippen LogP contribution in [0, 0.1) is 15.5 Å². The molecule has 90 valence electrons. The number of nitro groups is 1. The van der Waals surface area contributed by atoms with Gasteiger partial charge in [0.25, 0.3) is 5.69 Å². The summed E-state index contributed by atoms with van der Waals surface area (Å²) in [5.74, 6) is 0. The van der Waals surface area contributed by atoms with Crippen LogP contribution in [0.25, 0.3) is 0 Å². The van der Waals surface area contributed by atoms with E-state index < -0.39 is 0 Å². The van der Waals surface area contributed by atoms with Gasteiger partial charge in [0.15, 0.2) is 0 Å². The van der Waals surface area contributed by atoms with Crippen molar-refractivity contribution in [2.75, 3.05) is 18.0 Å². The van der Waals surface area contributed by atoms with E-state index in [1.54, 1.807) is 18.2 Å². The van der Waals surface area contributed by atoms with Crippen LogP contribution >= 0.6 is 0 Å². The highest BCUT2D eigenvalue weighted by Crippen LogP contribution is 2.53. The average molecular weight is 232 g/mol. The van der Waals surface area contributed by atoms with Crippen LogP contribution in [0.15, 0.2) is 24.3 Å². The maximum absolute atomic E-state index is 10.7. The molecule has 17 heavy (non-hydrogen) atoms. The van der Waals surface area contributed by atoms with Crippen molar-refractivity contribution in [1.29, 1.82) is 0 Å². The topological polar surface area (TPSA) is 46.4 Å². The molecule has 0 unspecified atom stereocenters. The summed E-state index contributed by atoms with van der Waals surface area (Å²) in [6, 6.07) is 6.98. The van der Waals surface area contributed by atoms with Gasteiger partial charge in [-0.15, -0.1) is 0 Å². The minimum Gasteiger partial charge on any atom is -0.371 e. The Hall–Kier alpha value is -1.58. The molecule has 0 bridgehead atoms. The highest BCUT2D eigenvalue weighted by Gasteiger charge is 2.44. The molecule has 1 aromatic rings. The molecule has 1 saturated heterocycles. The first kappa shape index (κ1) is 10.6. The third-order valence-electron chi connectivity index (χ3n) is 4.19. The first-order valence-electron chi connectivity index (χ1n) is 6.18. The van der Waals surface area contributed by atoms with Gasteiger partial charge in [0.05, 0.1) is 4.92 Å². The van der Waals surface area contributed by atoms with Crippen LogP contribution in [0.2, 0.25) is 0 Å². The van der Waals surface area contributed by atoms with E-state index in [9.17, 15) is 10.1 Å². The Bertz CT molecular complexity index is 444. The SMILES string of the molecule is O=[N+]([O-])c1cccc(N2CCC3(CC2)CC3)c1. The fraction of sp³-hybridized carbons (Fsp3) is 0.538. The lowest BCUT2D eigenvalue weighted by molar-refractivity contribution is -0.384. The predicted molar refractivity (Wildman–Crippen MR) is 66.2 cm³/mol. The second-order valence-corrected chi connectivity index (χ2v) is 5.26. The summed E-state index contributed by atoms with van der Waals surface area (Å²) >= 11 is 0. The molecule has 3 rings (SSSR count). The third-order valence-corrected chi connectivity index (χ3v) is 4.19. The summed E-state index contributed by atoms with van der Waals surface area (Å²) < 4.78 is 0. The fourth-order valence-corrected chi connectivity index (χ4v) is 2.72. The average Bonchev–Trinajstić information content (AvgIpc) is 3.10. The second-order valence-electron chi connectivity index (χ2n) is 5.26. The minimum atomic E-state index is -0.324. The number of nitro benzene ring substituents is 1. The van der Waals surface area contributed by atoms with E-state index in [1.807, 2.05) is 6.07 Å². The summed E-state index contributed by atoms with van der Waals surface area (Å²) in [5, 5.41) is 10.7. The molecular weight excluding hydrogens is 216 g/mol. The maximum atomic E-state index is 10.7. The summed E-state index contributed by atoms with van der Waals surface area (Å²) in [4.78, 5) is 12.7. The molecule has 0 aromatic heterocycles. The zero-order chi connectivity index (χ0) is 11.9. The number of rotatable bonds is 2. The van der Waals surface area contributed by atoms with Crippen molar-refractivity contribution in [2.45, 2.75) is 25.7 Å². The molecule has 1 spiro atoms. The molecule has 0 N–H and O–H groups in total. The number of piperidine rings is 1. The smallest absolute Gasteiger partial charge is 0.271 e. The van der Waals surface area contributed by atoms with Crippen LogP contribution in [0.4, 0.5) is 11.4 Å². The van der Waals surface area contributed by atoms with Crippen molar-refractivity contribution in [3.05, 3.63) is 34.4 Å². The number of benzene rings is 1. The van der Waals surface area contributed by atoms with Crippen LogP contribution in [0.3, 0.4) is 0 Å². The normalized spacial score (nSPS) is 21.5. The number of non-ortho nitro benzene ring substituents is 1. The quantitative estimate of drug-likeness (QED) is 0.581. The Morgan fingerprint density at radius 1 is 1.18 bits per heavy atom. The second kappa shape index (κ2) is 3.72. The lowest BCUT2D eigenvalue weighted by Crippen LogP contribution is -2.34. The molecule has 1 aromatic carbocycles. The summed E-state index contributed by atoms with van der Waals surface area (Å²) in [6.07, 6.45) is 5.26. The first-order chi connectivity index (χ1) is 8.19. The van der Waals surface area contributed by atoms with E-state index in [-0.39, 0.29) is 10.6 Å². The van der Waals surface area contributed by atoms with Gasteiger partial charge in [-0.05, 0) is 37.2 Å². The van der Waals surface area contributed by atoms with Crippen LogP contribution in [0.1, 0.15) is 25.7 Å². The molecule has 0 radical (unpaired) electrons. The molecule has 4 heteroatoms. The van der Waals surface area contributed by atoms with E-state index in [2.05, 4.69) is 4.90 Å². The minimum absolute atomic E-state index is 0.189. The maximum Gasteiger partial charge on any atom is 0.271 e. The number of anilines is 1. The molecule has 1 aliphatic carbocycles. The van der Waals surface area contributed by atoms with Crippen molar-refractivity contribution >= 4 is 11.4 Å². The van der Waals surface area contributed by atoms with Crippen molar-refractivity contribution < 1.29 is 4.92 Å². The van der Waals surface area contributed by atoms with Crippen molar-refractivity contribution in [3.8, 4) is 0 Å². The van der Waals surface area contributed by atoms with Gasteiger partial charge in [-0.2, -0.15) is 0 Å². The van der Waals surface area contributed by atoms with Crippen LogP contribution in [0.5, 0.6) is 0 Å². The zero-order valence-electron chi connectivity index (χ0n) is 9.76. The Morgan fingerprint density at radius 2 is 1.88 bits per heavy atom. The van der Waals surface area contributed by atoms with Gasteiger partial charge < -0.3 is 4.90 Å². The zero-order valence-corrected chi connectivity index (χ0v) is 9.76. The lowest BCUT2D eigenvalue weighted by Gasteiger charge is -2.33. The molecule has 2 fully saturated rings. The summed E-state index contributed by atoms with van der Waals surface area (Å²) in [7, 11) is 0. The van der Waals surface area contributed by atoms with Gasteiger partial charge in [0.2, 0.25) is 0 Å². The summed E-state index contributed by atoms with van der Waals surface area (Å²) in [5.41, 5.74) is 1.83. The van der Waals surface area contributed by atoms with E-state index in [1.165, 1.54) is 25.7 Å². The third kappa shape index (κ3) is 1.99. The van der Waals surface area contributed by atoms with Gasteiger partial charge in [-0.3, -0.25) is 10.1 Å². The van der Waals surface area contributed by atoms with Crippen molar-refractivity contribution in [1.82, 2.24) is 0 Å².